The maximum absolute atomic E-state index is 12.1. The fourth-order valence-electron chi connectivity index (χ4n) is 2.20. The van der Waals surface area contributed by atoms with Gasteiger partial charge in [-0.25, -0.2) is 0 Å². The van der Waals surface area contributed by atoms with Gasteiger partial charge in [-0.3, -0.25) is 4.79 Å². The van der Waals surface area contributed by atoms with Crippen molar-refractivity contribution in [2.75, 3.05) is 5.32 Å². The molecule has 1 saturated carbocycles. The van der Waals surface area contributed by atoms with Crippen molar-refractivity contribution in [1.29, 1.82) is 5.26 Å². The van der Waals surface area contributed by atoms with Gasteiger partial charge in [0.15, 0.2) is 0 Å². The van der Waals surface area contributed by atoms with Crippen LogP contribution in [0.15, 0.2) is 24.3 Å². The quantitative estimate of drug-likeness (QED) is 0.819. The molecule has 0 heterocycles. The number of phenolic OH excluding ortho intramolecular Hbond substituents is 1. The molecule has 1 aliphatic rings. The first kappa shape index (κ1) is 11.5. The Morgan fingerprint density at radius 2 is 2.12 bits per heavy atom. The molecule has 0 unspecified atom stereocenters. The second kappa shape index (κ2) is 4.46. The number of hydrogen-bond donors (Lipinski definition) is 2. The lowest BCUT2D eigenvalue weighted by Crippen LogP contribution is -2.32. The zero-order chi connectivity index (χ0) is 12.3. The molecule has 2 rings (SSSR count). The van der Waals surface area contributed by atoms with E-state index in [-0.39, 0.29) is 11.7 Å². The topological polar surface area (TPSA) is 73.1 Å². The smallest absolute Gasteiger partial charge is 0.244 e. The number of carbonyl (C=O) groups excluding carboxylic acids is 1. The van der Waals surface area contributed by atoms with Gasteiger partial charge in [0.05, 0.1) is 6.07 Å². The summed E-state index contributed by atoms with van der Waals surface area (Å²) in [6.45, 7) is 0. The first-order valence-electron chi connectivity index (χ1n) is 5.68. The van der Waals surface area contributed by atoms with E-state index in [9.17, 15) is 9.90 Å². The van der Waals surface area contributed by atoms with Gasteiger partial charge >= 0.3 is 0 Å². The Morgan fingerprint density at radius 3 is 2.71 bits per heavy atom. The molecule has 4 nitrogen and oxygen atoms in total. The van der Waals surface area contributed by atoms with Crippen molar-refractivity contribution >= 4 is 11.6 Å². The molecule has 1 aliphatic carbocycles. The summed E-state index contributed by atoms with van der Waals surface area (Å²) in [5, 5.41) is 21.2. The van der Waals surface area contributed by atoms with E-state index in [1.54, 1.807) is 12.1 Å². The Balaban J connectivity index is 2.14. The molecule has 4 heteroatoms. The maximum atomic E-state index is 12.1. The zero-order valence-electron chi connectivity index (χ0n) is 9.44. The van der Waals surface area contributed by atoms with Crippen LogP contribution in [0.25, 0.3) is 0 Å². The number of phenols is 1. The summed E-state index contributed by atoms with van der Waals surface area (Å²) in [4.78, 5) is 12.1. The predicted molar refractivity (Wildman–Crippen MR) is 63.3 cm³/mol. The predicted octanol–water partition coefficient (Wildman–Crippen LogP) is 2.41. The van der Waals surface area contributed by atoms with Crippen LogP contribution >= 0.6 is 0 Å². The van der Waals surface area contributed by atoms with Gasteiger partial charge in [-0.1, -0.05) is 18.9 Å². The normalized spacial score (nSPS) is 17.4. The minimum atomic E-state index is -0.883. The first-order valence-corrected chi connectivity index (χ1v) is 5.68. The molecule has 0 bridgehead atoms. The minimum Gasteiger partial charge on any atom is -0.508 e. The average molecular weight is 230 g/mol. The van der Waals surface area contributed by atoms with Crippen molar-refractivity contribution in [3.8, 4) is 11.8 Å². The molecule has 0 spiro atoms. The van der Waals surface area contributed by atoms with Gasteiger partial charge in [-0.15, -0.1) is 0 Å². The van der Waals surface area contributed by atoms with Crippen LogP contribution in [0.1, 0.15) is 25.7 Å². The van der Waals surface area contributed by atoms with E-state index < -0.39 is 5.41 Å². The lowest BCUT2D eigenvalue weighted by atomic mass is 9.87. The highest BCUT2D eigenvalue weighted by Gasteiger charge is 2.41. The summed E-state index contributed by atoms with van der Waals surface area (Å²) in [5.41, 5.74) is -0.359. The Morgan fingerprint density at radius 1 is 1.41 bits per heavy atom. The maximum Gasteiger partial charge on any atom is 0.244 e. The molecule has 1 aromatic rings. The van der Waals surface area contributed by atoms with Crippen molar-refractivity contribution in [3.05, 3.63) is 24.3 Å². The number of nitrogens with one attached hydrogen (secondary N) is 1. The molecule has 0 aliphatic heterocycles. The minimum absolute atomic E-state index is 0.0974. The fourth-order valence-corrected chi connectivity index (χ4v) is 2.20. The molecule has 17 heavy (non-hydrogen) atoms. The van der Waals surface area contributed by atoms with Gasteiger partial charge in [0.1, 0.15) is 11.2 Å². The molecule has 1 fully saturated rings. The number of rotatable bonds is 2. The third-order valence-corrected chi connectivity index (χ3v) is 3.21. The summed E-state index contributed by atoms with van der Waals surface area (Å²) >= 11 is 0. The number of anilines is 1. The van der Waals surface area contributed by atoms with E-state index in [1.165, 1.54) is 12.1 Å². The highest BCUT2D eigenvalue weighted by Crippen LogP contribution is 2.38. The van der Waals surface area contributed by atoms with Gasteiger partial charge in [0, 0.05) is 11.8 Å². The monoisotopic (exact) mass is 230 g/mol. The zero-order valence-corrected chi connectivity index (χ0v) is 9.44. The molecule has 2 N–H and O–H groups in total. The SMILES string of the molecule is N#CC1(C(=O)Nc2cccc(O)c2)CCCC1. The van der Waals surface area contributed by atoms with Crippen LogP contribution in [-0.2, 0) is 4.79 Å². The van der Waals surface area contributed by atoms with Gasteiger partial charge in [-0.05, 0) is 25.0 Å². The van der Waals surface area contributed by atoms with Crippen molar-refractivity contribution in [1.82, 2.24) is 0 Å². The van der Waals surface area contributed by atoms with Crippen LogP contribution in [0.2, 0.25) is 0 Å². The third kappa shape index (κ3) is 2.23. The number of benzene rings is 1. The average Bonchev–Trinajstić information content (AvgIpc) is 2.78. The lowest BCUT2D eigenvalue weighted by molar-refractivity contribution is -0.122. The summed E-state index contributed by atoms with van der Waals surface area (Å²) in [5.74, 6) is -0.164. The highest BCUT2D eigenvalue weighted by atomic mass is 16.3. The van der Waals surface area contributed by atoms with Crippen LogP contribution in [0.5, 0.6) is 5.75 Å². The number of hydrogen-bond acceptors (Lipinski definition) is 3. The van der Waals surface area contributed by atoms with Crippen LogP contribution in [-0.4, -0.2) is 11.0 Å². The van der Waals surface area contributed by atoms with Gasteiger partial charge in [-0.2, -0.15) is 5.26 Å². The second-order valence-electron chi connectivity index (χ2n) is 4.41. The van der Waals surface area contributed by atoms with Crippen LogP contribution < -0.4 is 5.32 Å². The van der Waals surface area contributed by atoms with Crippen LogP contribution in [0, 0.1) is 16.7 Å². The van der Waals surface area contributed by atoms with E-state index in [2.05, 4.69) is 11.4 Å². The van der Waals surface area contributed by atoms with Crippen molar-refractivity contribution in [2.24, 2.45) is 5.41 Å². The van der Waals surface area contributed by atoms with Gasteiger partial charge < -0.3 is 10.4 Å². The number of nitrogens with zero attached hydrogens (tertiary/aromatic N) is 1. The number of nitriles is 1. The van der Waals surface area contributed by atoms with Crippen molar-refractivity contribution in [2.45, 2.75) is 25.7 Å². The van der Waals surface area contributed by atoms with Crippen molar-refractivity contribution in [3.63, 3.8) is 0 Å². The standard InChI is InChI=1S/C13H14N2O2/c14-9-13(6-1-2-7-13)12(17)15-10-4-3-5-11(16)8-10/h3-5,8,16H,1-2,6-7H2,(H,15,17). The summed E-state index contributed by atoms with van der Waals surface area (Å²) in [6, 6.07) is 8.48. The molecule has 88 valence electrons. The molecular weight excluding hydrogens is 216 g/mol. The third-order valence-electron chi connectivity index (χ3n) is 3.21. The highest BCUT2D eigenvalue weighted by molar-refractivity contribution is 5.97. The molecule has 1 amide bonds. The van der Waals surface area contributed by atoms with Gasteiger partial charge in [0.2, 0.25) is 5.91 Å². The Bertz CT molecular complexity index is 471. The summed E-state index contributed by atoms with van der Waals surface area (Å²) in [6.07, 6.45) is 3.07. The van der Waals surface area contributed by atoms with E-state index in [4.69, 9.17) is 5.26 Å². The van der Waals surface area contributed by atoms with E-state index in [0.29, 0.717) is 18.5 Å². The Labute approximate surface area is 99.9 Å². The molecule has 0 saturated heterocycles. The van der Waals surface area contributed by atoms with Crippen molar-refractivity contribution < 1.29 is 9.90 Å². The van der Waals surface area contributed by atoms with E-state index in [0.717, 1.165) is 12.8 Å². The first-order chi connectivity index (χ1) is 8.16. The molecule has 1 aromatic carbocycles. The second-order valence-corrected chi connectivity index (χ2v) is 4.41. The Kier molecular flexibility index (Phi) is 3.01. The number of aromatic hydroxyl groups is 1. The lowest BCUT2D eigenvalue weighted by Gasteiger charge is -2.19. The summed E-state index contributed by atoms with van der Waals surface area (Å²) < 4.78 is 0. The molecular formula is C13H14N2O2. The molecule has 0 radical (unpaired) electrons. The van der Waals surface area contributed by atoms with Gasteiger partial charge in [0.25, 0.3) is 0 Å². The van der Waals surface area contributed by atoms with Crippen LogP contribution in [0.3, 0.4) is 0 Å². The Hall–Kier alpha value is -2.02. The number of carbonyl (C=O) groups is 1. The molecule has 0 aromatic heterocycles. The fraction of sp³-hybridized carbons (Fsp3) is 0.385. The number of amides is 1. The largest absolute Gasteiger partial charge is 0.508 e. The van der Waals surface area contributed by atoms with E-state index >= 15 is 0 Å². The molecule has 0 atom stereocenters. The van der Waals surface area contributed by atoms with E-state index in [1.807, 2.05) is 0 Å². The summed E-state index contributed by atoms with van der Waals surface area (Å²) in [7, 11) is 0. The van der Waals surface area contributed by atoms with Crippen LogP contribution in [0.4, 0.5) is 5.69 Å².